The van der Waals surface area contributed by atoms with Crippen molar-refractivity contribution in [2.24, 2.45) is 5.92 Å². The zero-order chi connectivity index (χ0) is 38.7. The molecule has 0 spiro atoms. The average Bonchev–Trinajstić information content (AvgIpc) is 3.12. The fourth-order valence-electron chi connectivity index (χ4n) is 5.74. The Labute approximate surface area is 307 Å². The highest BCUT2D eigenvalue weighted by Gasteiger charge is 2.32. The van der Waals surface area contributed by atoms with E-state index in [1.165, 1.54) is 15.9 Å². The minimum atomic E-state index is -4.51. The molecule has 288 valence electrons. The van der Waals surface area contributed by atoms with Gasteiger partial charge in [-0.15, -0.1) is 0 Å². The number of fused-ring (bicyclic) bond motifs is 1. The highest BCUT2D eigenvalue weighted by molar-refractivity contribution is 6.02. The number of hydrogen-bond acceptors (Lipinski definition) is 7. The number of halogens is 3. The number of carbonyl (C=O) groups excluding carboxylic acids is 3. The van der Waals surface area contributed by atoms with Gasteiger partial charge in [-0.05, 0) is 99.8 Å². The summed E-state index contributed by atoms with van der Waals surface area (Å²) in [6.07, 6.45) is -3.10. The third-order valence-corrected chi connectivity index (χ3v) is 8.92. The van der Waals surface area contributed by atoms with Crippen LogP contribution in [0.1, 0.15) is 56.0 Å². The highest BCUT2D eigenvalue weighted by Crippen LogP contribution is 2.31. The minimum Gasteiger partial charge on any atom is -0.497 e. The lowest BCUT2D eigenvalue weighted by Crippen LogP contribution is -2.48. The smallest absolute Gasteiger partial charge is 0.416 e. The largest absolute Gasteiger partial charge is 0.497 e. The second kappa shape index (κ2) is 18.6. The fourth-order valence-corrected chi connectivity index (χ4v) is 5.74. The fraction of sp³-hybridized carbons (Fsp3) is 0.447. The van der Waals surface area contributed by atoms with Crippen molar-refractivity contribution in [2.75, 3.05) is 56.4 Å². The van der Waals surface area contributed by atoms with Crippen molar-refractivity contribution >= 4 is 35.0 Å². The van der Waals surface area contributed by atoms with E-state index in [0.717, 1.165) is 37.1 Å². The molecule has 4 rings (SSSR count). The number of benzene rings is 3. The van der Waals surface area contributed by atoms with E-state index >= 15 is 0 Å². The number of alkyl halides is 3. The monoisotopic (exact) mass is 743 g/mol. The third-order valence-electron chi connectivity index (χ3n) is 8.92. The second-order valence-electron chi connectivity index (χ2n) is 13.2. The second-order valence-corrected chi connectivity index (χ2v) is 13.2. The Kier molecular flexibility index (Phi) is 14.3. The molecule has 5 amide bonds. The van der Waals surface area contributed by atoms with Crippen LogP contribution in [0.25, 0.3) is 0 Å². The summed E-state index contributed by atoms with van der Waals surface area (Å²) in [5, 5.41) is 18.2. The van der Waals surface area contributed by atoms with E-state index in [-0.39, 0.29) is 54.7 Å². The van der Waals surface area contributed by atoms with E-state index in [1.807, 2.05) is 13.8 Å². The van der Waals surface area contributed by atoms with Crippen LogP contribution in [0.2, 0.25) is 0 Å². The van der Waals surface area contributed by atoms with E-state index in [2.05, 4.69) is 16.0 Å². The molecule has 0 unspecified atom stereocenters. The maximum absolute atomic E-state index is 14.4. The van der Waals surface area contributed by atoms with Crippen LogP contribution in [-0.2, 0) is 10.9 Å². The number of aliphatic hydroxyl groups is 1. The van der Waals surface area contributed by atoms with Crippen molar-refractivity contribution in [1.82, 2.24) is 9.80 Å². The van der Waals surface area contributed by atoms with Crippen molar-refractivity contribution < 1.29 is 46.9 Å². The third kappa shape index (κ3) is 11.7. The van der Waals surface area contributed by atoms with Crippen LogP contribution in [0.4, 0.5) is 39.8 Å². The highest BCUT2D eigenvalue weighted by atomic mass is 19.4. The van der Waals surface area contributed by atoms with Crippen molar-refractivity contribution in [1.29, 1.82) is 0 Å². The average molecular weight is 744 g/mol. The zero-order valence-corrected chi connectivity index (χ0v) is 30.5. The van der Waals surface area contributed by atoms with Gasteiger partial charge in [0.1, 0.15) is 11.5 Å². The summed E-state index contributed by atoms with van der Waals surface area (Å²) in [5.41, 5.74) is 0.256. The van der Waals surface area contributed by atoms with Crippen LogP contribution in [0.15, 0.2) is 66.7 Å². The molecular formula is C38H48F3N5O7. The molecule has 1 aliphatic rings. The van der Waals surface area contributed by atoms with Crippen LogP contribution in [0.3, 0.4) is 0 Å². The Morgan fingerprint density at radius 2 is 1.60 bits per heavy atom. The molecule has 4 atom stereocenters. The summed E-state index contributed by atoms with van der Waals surface area (Å²) < 4.78 is 56.7. The molecule has 0 radical (unpaired) electrons. The van der Waals surface area contributed by atoms with Crippen LogP contribution in [0, 0.1) is 5.92 Å². The van der Waals surface area contributed by atoms with Gasteiger partial charge in [0.2, 0.25) is 0 Å². The standard InChI is InChI=1S/C38H48F3N5O7/c1-24-21-46(25(2)23-47)35(48)32-20-30(43-36(49)42-28-11-9-27(10-12-28)38(39,40)41)15-18-33(32)53-26(3)8-6-7-19-52-34(24)22-45(4)37(50)44-29-13-16-31(51-5)17-14-29/h9-18,20,24-26,34,47H,6-8,19,21-23H2,1-5H3,(H,44,50)(H2,42,43,49)/t24-,25+,26-,34+/m0/s1. The molecule has 4 N–H and O–H groups in total. The first-order valence-electron chi connectivity index (χ1n) is 17.4. The van der Waals surface area contributed by atoms with Gasteiger partial charge in [-0.1, -0.05) is 6.92 Å². The first kappa shape index (κ1) is 40.7. The summed E-state index contributed by atoms with van der Waals surface area (Å²) in [4.78, 5) is 43.4. The molecular weight excluding hydrogens is 695 g/mol. The summed E-state index contributed by atoms with van der Waals surface area (Å²) in [7, 11) is 3.22. The molecule has 0 bridgehead atoms. The van der Waals surface area contributed by atoms with Gasteiger partial charge in [-0.25, -0.2) is 9.59 Å². The number of likely N-dealkylation sites (N-methyl/N-ethyl adjacent to an activating group) is 1. The Morgan fingerprint density at radius 3 is 2.25 bits per heavy atom. The minimum absolute atomic E-state index is 0.139. The van der Waals surface area contributed by atoms with E-state index < -0.39 is 35.8 Å². The van der Waals surface area contributed by atoms with Crippen LogP contribution in [-0.4, -0.2) is 91.6 Å². The number of nitrogens with one attached hydrogen (secondary N) is 3. The summed E-state index contributed by atoms with van der Waals surface area (Å²) in [6.45, 7) is 5.98. The number of aliphatic hydroxyl groups excluding tert-OH is 1. The lowest BCUT2D eigenvalue weighted by Gasteiger charge is -2.35. The molecule has 53 heavy (non-hydrogen) atoms. The number of amides is 5. The molecule has 15 heteroatoms. The first-order valence-corrected chi connectivity index (χ1v) is 17.4. The number of rotatable bonds is 8. The van der Waals surface area contributed by atoms with Crippen molar-refractivity contribution in [3.63, 3.8) is 0 Å². The molecule has 0 saturated carbocycles. The summed E-state index contributed by atoms with van der Waals surface area (Å²) in [6, 6.07) is 13.9. The summed E-state index contributed by atoms with van der Waals surface area (Å²) in [5.74, 6) is 0.187. The first-order chi connectivity index (χ1) is 25.2. The quantitative estimate of drug-likeness (QED) is 0.190. The molecule has 1 aliphatic heterocycles. The topological polar surface area (TPSA) is 142 Å². The van der Waals surface area contributed by atoms with Gasteiger partial charge in [-0.3, -0.25) is 4.79 Å². The summed E-state index contributed by atoms with van der Waals surface area (Å²) >= 11 is 0. The van der Waals surface area contributed by atoms with Crippen molar-refractivity contribution in [3.8, 4) is 11.5 Å². The van der Waals surface area contributed by atoms with Gasteiger partial charge in [-0.2, -0.15) is 13.2 Å². The molecule has 0 saturated heterocycles. The van der Waals surface area contributed by atoms with Gasteiger partial charge < -0.3 is 45.1 Å². The van der Waals surface area contributed by atoms with Gasteiger partial charge in [0.15, 0.2) is 0 Å². The van der Waals surface area contributed by atoms with E-state index in [4.69, 9.17) is 14.2 Å². The molecule has 0 aromatic heterocycles. The van der Waals surface area contributed by atoms with Crippen molar-refractivity contribution in [3.05, 3.63) is 77.9 Å². The maximum atomic E-state index is 14.4. The molecule has 0 fully saturated rings. The number of carbonyl (C=O) groups is 3. The molecule has 3 aromatic carbocycles. The van der Waals surface area contributed by atoms with Gasteiger partial charge in [0.25, 0.3) is 5.91 Å². The molecule has 3 aromatic rings. The molecule has 1 heterocycles. The number of methoxy groups -OCH3 is 1. The van der Waals surface area contributed by atoms with E-state index in [9.17, 15) is 32.7 Å². The Balaban J connectivity index is 1.55. The predicted molar refractivity (Wildman–Crippen MR) is 196 cm³/mol. The number of anilines is 3. The van der Waals surface area contributed by atoms with E-state index in [1.54, 1.807) is 57.5 Å². The number of hydrogen-bond donors (Lipinski definition) is 4. The van der Waals surface area contributed by atoms with Crippen LogP contribution < -0.4 is 25.4 Å². The SMILES string of the molecule is COc1ccc(NC(=O)N(C)C[C@H]2OCCCC[C@H](C)Oc3ccc(NC(=O)Nc4ccc(C(F)(F)F)cc4)cc3C(=O)N([C@H](C)CO)C[C@@H]2C)cc1. The van der Waals surface area contributed by atoms with Gasteiger partial charge >= 0.3 is 18.2 Å². The Hall–Kier alpha value is -5.02. The van der Waals surface area contributed by atoms with Crippen LogP contribution >= 0.6 is 0 Å². The van der Waals surface area contributed by atoms with Crippen molar-refractivity contribution in [2.45, 2.75) is 64.5 Å². The zero-order valence-electron chi connectivity index (χ0n) is 30.5. The number of ether oxygens (including phenoxy) is 3. The van der Waals surface area contributed by atoms with Crippen LogP contribution in [0.5, 0.6) is 11.5 Å². The normalized spacial score (nSPS) is 19.2. The number of nitrogens with zero attached hydrogens (tertiary/aromatic N) is 2. The maximum Gasteiger partial charge on any atom is 0.416 e. The Morgan fingerprint density at radius 1 is 0.981 bits per heavy atom. The van der Waals surface area contributed by atoms with Gasteiger partial charge in [0.05, 0.1) is 43.1 Å². The molecule has 12 nitrogen and oxygen atoms in total. The molecule has 0 aliphatic carbocycles. The number of urea groups is 2. The van der Waals surface area contributed by atoms with E-state index in [0.29, 0.717) is 30.2 Å². The lowest BCUT2D eigenvalue weighted by molar-refractivity contribution is -0.137. The Bertz CT molecular complexity index is 1670. The van der Waals surface area contributed by atoms with Gasteiger partial charge in [0, 0.05) is 49.7 Å². The lowest BCUT2D eigenvalue weighted by atomic mass is 10.0. The predicted octanol–water partition coefficient (Wildman–Crippen LogP) is 7.32.